The minimum absolute atomic E-state index is 0.0727. The molecule has 0 fully saturated rings. The predicted octanol–water partition coefficient (Wildman–Crippen LogP) is 4.26. The Kier molecular flexibility index (Phi) is 8.45. The number of rotatable bonds is 11. The topological polar surface area (TPSA) is 117 Å². The summed E-state index contributed by atoms with van der Waals surface area (Å²) in [7, 11) is 0. The molecule has 0 aliphatic rings. The maximum absolute atomic E-state index is 13.9. The molecule has 0 atom stereocenters. The first-order chi connectivity index (χ1) is 15.9. The standard InChI is InChI=1S/C23H24F2N4O3S/c24-16-6-5-7-17(25)18(16)19(31)20-21(26)29-23(33-20)28-15-10-8-14(9-11-15)22(32)27-12-3-1-2-4-13-30/h5-11,30H,1-4,12-13,26H2,(H,27,32)(H,28,29). The van der Waals surface area contributed by atoms with E-state index < -0.39 is 23.0 Å². The van der Waals surface area contributed by atoms with Crippen molar-refractivity contribution in [2.45, 2.75) is 25.7 Å². The van der Waals surface area contributed by atoms with Crippen LogP contribution in [0.25, 0.3) is 0 Å². The number of nitrogens with zero attached hydrogens (tertiary/aromatic N) is 1. The number of aliphatic hydroxyl groups excluding tert-OH is 1. The summed E-state index contributed by atoms with van der Waals surface area (Å²) in [6.45, 7) is 0.740. The lowest BCUT2D eigenvalue weighted by molar-refractivity contribution is 0.0952. The SMILES string of the molecule is Nc1nc(Nc2ccc(C(=O)NCCCCCCO)cc2)sc1C(=O)c1c(F)cccc1F. The Morgan fingerprint density at radius 1 is 1.00 bits per heavy atom. The van der Waals surface area contributed by atoms with Crippen LogP contribution in [-0.4, -0.2) is 34.9 Å². The molecule has 174 valence electrons. The van der Waals surface area contributed by atoms with Gasteiger partial charge in [-0.2, -0.15) is 0 Å². The number of carbonyl (C=O) groups excluding carboxylic acids is 2. The van der Waals surface area contributed by atoms with Crippen molar-refractivity contribution in [1.82, 2.24) is 10.3 Å². The van der Waals surface area contributed by atoms with Crippen LogP contribution in [0.2, 0.25) is 0 Å². The number of benzene rings is 2. The van der Waals surface area contributed by atoms with Gasteiger partial charge in [0.05, 0.1) is 5.56 Å². The number of unbranched alkanes of at least 4 members (excludes halogenated alkanes) is 3. The number of halogens is 2. The van der Waals surface area contributed by atoms with Crippen LogP contribution in [0.5, 0.6) is 0 Å². The number of amides is 1. The molecule has 2 aromatic carbocycles. The van der Waals surface area contributed by atoms with E-state index in [-0.39, 0.29) is 28.3 Å². The van der Waals surface area contributed by atoms with E-state index in [9.17, 15) is 18.4 Å². The van der Waals surface area contributed by atoms with E-state index >= 15 is 0 Å². The van der Waals surface area contributed by atoms with Crippen molar-refractivity contribution in [3.8, 4) is 0 Å². The Balaban J connectivity index is 1.61. The molecule has 10 heteroatoms. The second kappa shape index (κ2) is 11.5. The van der Waals surface area contributed by atoms with Crippen LogP contribution >= 0.6 is 11.3 Å². The zero-order valence-electron chi connectivity index (χ0n) is 17.7. The molecular weight excluding hydrogens is 450 g/mol. The molecule has 0 radical (unpaired) electrons. The largest absolute Gasteiger partial charge is 0.396 e. The van der Waals surface area contributed by atoms with E-state index in [1.165, 1.54) is 6.07 Å². The molecular formula is C23H24F2N4O3S. The summed E-state index contributed by atoms with van der Waals surface area (Å²) in [6, 6.07) is 9.80. The molecule has 0 saturated heterocycles. The van der Waals surface area contributed by atoms with Crippen molar-refractivity contribution >= 4 is 39.7 Å². The van der Waals surface area contributed by atoms with E-state index in [1.807, 2.05) is 0 Å². The number of hydrogen-bond donors (Lipinski definition) is 4. The number of aliphatic hydroxyl groups is 1. The summed E-state index contributed by atoms with van der Waals surface area (Å²) < 4.78 is 27.9. The minimum atomic E-state index is -0.971. The monoisotopic (exact) mass is 474 g/mol. The fraction of sp³-hybridized carbons (Fsp3) is 0.261. The third kappa shape index (κ3) is 6.33. The lowest BCUT2D eigenvalue weighted by Crippen LogP contribution is -2.24. The molecule has 3 rings (SSSR count). The average molecular weight is 475 g/mol. The first kappa shape index (κ1) is 24.3. The summed E-state index contributed by atoms with van der Waals surface area (Å²) in [5.74, 6) is -3.15. The highest BCUT2D eigenvalue weighted by molar-refractivity contribution is 7.18. The van der Waals surface area contributed by atoms with Gasteiger partial charge in [-0.05, 0) is 49.2 Å². The van der Waals surface area contributed by atoms with Gasteiger partial charge < -0.3 is 21.5 Å². The maximum Gasteiger partial charge on any atom is 0.251 e. The number of nitrogen functional groups attached to an aromatic ring is 1. The predicted molar refractivity (Wildman–Crippen MR) is 124 cm³/mol. The fourth-order valence-corrected chi connectivity index (χ4v) is 3.95. The second-order valence-corrected chi connectivity index (χ2v) is 8.25. The van der Waals surface area contributed by atoms with Gasteiger partial charge in [0.1, 0.15) is 22.3 Å². The number of nitrogens with one attached hydrogen (secondary N) is 2. The van der Waals surface area contributed by atoms with Crippen LogP contribution < -0.4 is 16.4 Å². The molecule has 0 aliphatic heterocycles. The third-order valence-corrected chi connectivity index (χ3v) is 5.80. The molecule has 1 aromatic heterocycles. The molecule has 1 amide bonds. The van der Waals surface area contributed by atoms with Crippen LogP contribution in [0.4, 0.5) is 25.4 Å². The van der Waals surface area contributed by atoms with Gasteiger partial charge >= 0.3 is 0 Å². The lowest BCUT2D eigenvalue weighted by Gasteiger charge is -2.07. The van der Waals surface area contributed by atoms with E-state index in [4.69, 9.17) is 10.8 Å². The Labute approximate surface area is 193 Å². The fourth-order valence-electron chi connectivity index (χ4n) is 3.10. The van der Waals surface area contributed by atoms with Gasteiger partial charge in [0.25, 0.3) is 5.91 Å². The van der Waals surface area contributed by atoms with E-state index in [0.717, 1.165) is 49.2 Å². The molecule has 0 saturated carbocycles. The minimum Gasteiger partial charge on any atom is -0.396 e. The molecule has 3 aromatic rings. The molecule has 5 N–H and O–H groups in total. The number of carbonyl (C=O) groups is 2. The van der Waals surface area contributed by atoms with Crippen molar-refractivity contribution < 1.29 is 23.5 Å². The van der Waals surface area contributed by atoms with Crippen molar-refractivity contribution in [2.75, 3.05) is 24.2 Å². The number of aromatic nitrogens is 1. The smallest absolute Gasteiger partial charge is 0.251 e. The first-order valence-electron chi connectivity index (χ1n) is 10.4. The molecule has 0 aliphatic carbocycles. The van der Waals surface area contributed by atoms with Gasteiger partial charge in [-0.15, -0.1) is 0 Å². The summed E-state index contributed by atoms with van der Waals surface area (Å²) in [5, 5.41) is 14.8. The van der Waals surface area contributed by atoms with Crippen LogP contribution in [0, 0.1) is 11.6 Å². The highest BCUT2D eigenvalue weighted by atomic mass is 32.1. The number of anilines is 3. The zero-order valence-corrected chi connectivity index (χ0v) is 18.6. The van der Waals surface area contributed by atoms with E-state index in [0.29, 0.717) is 17.8 Å². The van der Waals surface area contributed by atoms with Crippen molar-refractivity contribution in [2.24, 2.45) is 0 Å². The summed E-state index contributed by atoms with van der Waals surface area (Å²) >= 11 is 0.879. The number of thiazole rings is 1. The highest BCUT2D eigenvalue weighted by Gasteiger charge is 2.24. The van der Waals surface area contributed by atoms with Crippen molar-refractivity contribution in [3.05, 3.63) is 70.1 Å². The van der Waals surface area contributed by atoms with Gasteiger partial charge in [0.2, 0.25) is 5.78 Å². The number of hydrogen-bond acceptors (Lipinski definition) is 7. The zero-order chi connectivity index (χ0) is 23.8. The molecule has 0 bridgehead atoms. The van der Waals surface area contributed by atoms with Crippen molar-refractivity contribution in [3.63, 3.8) is 0 Å². The summed E-state index contributed by atoms with van der Waals surface area (Å²) in [5.41, 5.74) is 6.22. The Bertz CT molecular complexity index is 1100. The quantitative estimate of drug-likeness (QED) is 0.244. The first-order valence-corrected chi connectivity index (χ1v) is 11.2. The normalized spacial score (nSPS) is 10.8. The van der Waals surface area contributed by atoms with Crippen LogP contribution in [-0.2, 0) is 0 Å². The van der Waals surface area contributed by atoms with Crippen molar-refractivity contribution in [1.29, 1.82) is 0 Å². The number of nitrogens with two attached hydrogens (primary N) is 1. The average Bonchev–Trinajstić information content (AvgIpc) is 3.16. The van der Waals surface area contributed by atoms with Crippen LogP contribution in [0.15, 0.2) is 42.5 Å². The molecule has 33 heavy (non-hydrogen) atoms. The van der Waals surface area contributed by atoms with Gasteiger partial charge in [0.15, 0.2) is 5.13 Å². The van der Waals surface area contributed by atoms with Gasteiger partial charge in [0, 0.05) is 24.4 Å². The highest BCUT2D eigenvalue weighted by Crippen LogP contribution is 2.31. The third-order valence-electron chi connectivity index (χ3n) is 4.82. The second-order valence-electron chi connectivity index (χ2n) is 7.26. The van der Waals surface area contributed by atoms with Gasteiger partial charge in [-0.3, -0.25) is 9.59 Å². The molecule has 1 heterocycles. The summed E-state index contributed by atoms with van der Waals surface area (Å²) in [6.07, 6.45) is 3.47. The van der Waals surface area contributed by atoms with Gasteiger partial charge in [-0.1, -0.05) is 30.2 Å². The molecule has 7 nitrogen and oxygen atoms in total. The van der Waals surface area contributed by atoms with Gasteiger partial charge in [-0.25, -0.2) is 13.8 Å². The van der Waals surface area contributed by atoms with Crippen LogP contribution in [0.1, 0.15) is 51.3 Å². The Morgan fingerprint density at radius 2 is 1.67 bits per heavy atom. The number of ketones is 1. The Morgan fingerprint density at radius 3 is 2.33 bits per heavy atom. The lowest BCUT2D eigenvalue weighted by atomic mass is 10.1. The Hall–Kier alpha value is -3.37. The van der Waals surface area contributed by atoms with E-state index in [1.54, 1.807) is 24.3 Å². The molecule has 0 spiro atoms. The van der Waals surface area contributed by atoms with Crippen LogP contribution in [0.3, 0.4) is 0 Å². The molecule has 0 unspecified atom stereocenters. The maximum atomic E-state index is 13.9. The summed E-state index contributed by atoms with van der Waals surface area (Å²) in [4.78, 5) is 28.8. The van der Waals surface area contributed by atoms with E-state index in [2.05, 4.69) is 15.6 Å².